The molecule has 0 amide bonds. The Labute approximate surface area is 88.4 Å². The largest absolute Gasteiger partial charge is 0.506 e. The van der Waals surface area contributed by atoms with Crippen LogP contribution in [-0.2, 0) is 4.74 Å². The first-order chi connectivity index (χ1) is 6.07. The van der Waals surface area contributed by atoms with Gasteiger partial charge in [-0.25, -0.2) is 4.79 Å². The maximum atomic E-state index is 11.1. The van der Waals surface area contributed by atoms with Crippen LogP contribution < -0.4 is 0 Å². The minimum atomic E-state index is -0.602. The van der Waals surface area contributed by atoms with Gasteiger partial charge < -0.3 is 9.84 Å². The van der Waals surface area contributed by atoms with Crippen LogP contribution in [0, 0.1) is 0 Å². The number of hydrogen-bond acceptors (Lipinski definition) is 3. The van der Waals surface area contributed by atoms with Crippen LogP contribution in [0.5, 0.6) is 5.75 Å². The van der Waals surface area contributed by atoms with E-state index in [1.165, 1.54) is 19.2 Å². The quantitative estimate of drug-likeness (QED) is 0.794. The molecule has 0 saturated carbocycles. The van der Waals surface area contributed by atoms with Crippen molar-refractivity contribution in [3.05, 3.63) is 27.2 Å². The molecule has 1 aromatic rings. The number of esters is 1. The molecule has 5 heteroatoms. The van der Waals surface area contributed by atoms with E-state index in [1.54, 1.807) is 0 Å². The summed E-state index contributed by atoms with van der Waals surface area (Å²) in [6.07, 6.45) is 0. The second-order valence-corrected chi connectivity index (χ2v) is 3.45. The molecule has 0 saturated heterocycles. The van der Waals surface area contributed by atoms with Crippen molar-refractivity contribution in [2.45, 2.75) is 0 Å². The highest BCUT2D eigenvalue weighted by Gasteiger charge is 2.15. The van der Waals surface area contributed by atoms with Crippen molar-refractivity contribution in [1.29, 1.82) is 0 Å². The van der Waals surface area contributed by atoms with Gasteiger partial charge in [0.25, 0.3) is 0 Å². The molecule has 0 fully saturated rings. The van der Waals surface area contributed by atoms with Crippen molar-refractivity contribution in [2.75, 3.05) is 7.11 Å². The van der Waals surface area contributed by atoms with Crippen LogP contribution >= 0.6 is 27.5 Å². The molecule has 0 aliphatic rings. The fraction of sp³-hybridized carbons (Fsp3) is 0.125. The van der Waals surface area contributed by atoms with E-state index in [-0.39, 0.29) is 15.8 Å². The lowest BCUT2D eigenvalue weighted by molar-refractivity contribution is 0.0597. The SMILES string of the molecule is COC(=O)c1ccc(Cl)c(Br)c1O. The second-order valence-electron chi connectivity index (χ2n) is 2.25. The summed E-state index contributed by atoms with van der Waals surface area (Å²) in [6.45, 7) is 0. The van der Waals surface area contributed by atoms with Gasteiger partial charge in [-0.05, 0) is 28.1 Å². The van der Waals surface area contributed by atoms with Gasteiger partial charge in [0.1, 0.15) is 11.3 Å². The molecule has 0 bridgehead atoms. The monoisotopic (exact) mass is 264 g/mol. The van der Waals surface area contributed by atoms with E-state index < -0.39 is 5.97 Å². The molecule has 70 valence electrons. The molecule has 0 aliphatic heterocycles. The summed E-state index contributed by atoms with van der Waals surface area (Å²) in [7, 11) is 1.24. The molecule has 13 heavy (non-hydrogen) atoms. The molecule has 1 rings (SSSR count). The Hall–Kier alpha value is -0.740. The van der Waals surface area contributed by atoms with Gasteiger partial charge in [-0.1, -0.05) is 11.6 Å². The third kappa shape index (κ3) is 1.95. The number of ether oxygens (including phenoxy) is 1. The van der Waals surface area contributed by atoms with Crippen molar-refractivity contribution >= 4 is 33.5 Å². The molecule has 1 aromatic carbocycles. The van der Waals surface area contributed by atoms with Crippen LogP contribution in [0.3, 0.4) is 0 Å². The van der Waals surface area contributed by atoms with Gasteiger partial charge in [0.2, 0.25) is 0 Å². The molecule has 0 aliphatic carbocycles. The van der Waals surface area contributed by atoms with E-state index in [1.807, 2.05) is 0 Å². The molecular weight excluding hydrogens is 259 g/mol. The summed E-state index contributed by atoms with van der Waals surface area (Å²) >= 11 is 8.71. The van der Waals surface area contributed by atoms with Crippen LogP contribution in [0.1, 0.15) is 10.4 Å². The highest BCUT2D eigenvalue weighted by molar-refractivity contribution is 9.10. The zero-order valence-corrected chi connectivity index (χ0v) is 9.02. The minimum absolute atomic E-state index is 0.0822. The van der Waals surface area contributed by atoms with Crippen LogP contribution in [0.2, 0.25) is 5.02 Å². The van der Waals surface area contributed by atoms with Gasteiger partial charge in [0, 0.05) is 0 Å². The minimum Gasteiger partial charge on any atom is -0.506 e. The Morgan fingerprint density at radius 1 is 1.62 bits per heavy atom. The number of carbonyl (C=O) groups excluding carboxylic acids is 1. The molecule has 0 spiro atoms. The first-order valence-corrected chi connectivity index (χ1v) is 4.50. The maximum Gasteiger partial charge on any atom is 0.341 e. The predicted molar refractivity (Wildman–Crippen MR) is 52.2 cm³/mol. The van der Waals surface area contributed by atoms with Gasteiger partial charge in [0.05, 0.1) is 16.6 Å². The van der Waals surface area contributed by atoms with E-state index in [2.05, 4.69) is 20.7 Å². The first-order valence-electron chi connectivity index (χ1n) is 3.33. The lowest BCUT2D eigenvalue weighted by atomic mass is 10.2. The molecule has 0 heterocycles. The highest BCUT2D eigenvalue weighted by Crippen LogP contribution is 2.34. The molecular formula is C8H6BrClO3. The normalized spacial score (nSPS) is 9.77. The molecule has 0 aromatic heterocycles. The molecule has 0 unspecified atom stereocenters. The van der Waals surface area contributed by atoms with Crippen LogP contribution in [0.15, 0.2) is 16.6 Å². The van der Waals surface area contributed by atoms with Gasteiger partial charge >= 0.3 is 5.97 Å². The van der Waals surface area contributed by atoms with Gasteiger partial charge in [0.15, 0.2) is 0 Å². The fourth-order valence-electron chi connectivity index (χ4n) is 0.815. The number of phenolic OH excluding ortho intramolecular Hbond substituents is 1. The summed E-state index contributed by atoms with van der Waals surface area (Å²) in [5.74, 6) is -0.811. The van der Waals surface area contributed by atoms with Crippen molar-refractivity contribution in [1.82, 2.24) is 0 Å². The Balaban J connectivity index is 3.26. The Morgan fingerprint density at radius 3 is 2.77 bits per heavy atom. The molecule has 3 nitrogen and oxygen atoms in total. The number of carbonyl (C=O) groups is 1. The topological polar surface area (TPSA) is 46.5 Å². The van der Waals surface area contributed by atoms with Gasteiger partial charge in [-0.3, -0.25) is 0 Å². The van der Waals surface area contributed by atoms with E-state index in [0.717, 1.165) is 0 Å². The Bertz CT molecular complexity index is 351. The summed E-state index contributed by atoms with van der Waals surface area (Å²) in [5.41, 5.74) is 0.0822. The van der Waals surface area contributed by atoms with Crippen molar-refractivity contribution in [3.63, 3.8) is 0 Å². The number of methoxy groups -OCH3 is 1. The number of rotatable bonds is 1. The molecule has 0 radical (unpaired) electrons. The second kappa shape index (κ2) is 3.98. The number of hydrogen-bond donors (Lipinski definition) is 1. The van der Waals surface area contributed by atoms with Gasteiger partial charge in [-0.15, -0.1) is 0 Å². The summed E-state index contributed by atoms with van der Waals surface area (Å²) < 4.78 is 4.74. The smallest absolute Gasteiger partial charge is 0.341 e. The van der Waals surface area contributed by atoms with E-state index in [0.29, 0.717) is 5.02 Å². The van der Waals surface area contributed by atoms with Crippen LogP contribution in [0.4, 0.5) is 0 Å². The van der Waals surface area contributed by atoms with Gasteiger partial charge in [-0.2, -0.15) is 0 Å². The number of halogens is 2. The third-order valence-electron chi connectivity index (χ3n) is 1.47. The van der Waals surface area contributed by atoms with Crippen LogP contribution in [0.25, 0.3) is 0 Å². The molecule has 1 N–H and O–H groups in total. The molecule has 0 atom stereocenters. The van der Waals surface area contributed by atoms with Crippen LogP contribution in [-0.4, -0.2) is 18.2 Å². The number of aromatic hydroxyl groups is 1. The number of benzene rings is 1. The van der Waals surface area contributed by atoms with E-state index in [4.69, 9.17) is 11.6 Å². The summed E-state index contributed by atoms with van der Waals surface area (Å²) in [6, 6.07) is 2.89. The van der Waals surface area contributed by atoms with Crippen molar-refractivity contribution in [2.24, 2.45) is 0 Å². The average molecular weight is 265 g/mol. The predicted octanol–water partition coefficient (Wildman–Crippen LogP) is 2.59. The zero-order valence-electron chi connectivity index (χ0n) is 6.67. The zero-order chi connectivity index (χ0) is 10.0. The van der Waals surface area contributed by atoms with Crippen molar-refractivity contribution < 1.29 is 14.6 Å². The average Bonchev–Trinajstić information content (AvgIpc) is 2.13. The lowest BCUT2D eigenvalue weighted by Crippen LogP contribution is -2.01. The standard InChI is InChI=1S/C8H6BrClO3/c1-13-8(12)4-2-3-5(10)6(9)7(4)11/h2-3,11H,1H3. The Morgan fingerprint density at radius 2 is 2.23 bits per heavy atom. The number of phenols is 1. The Kier molecular flexibility index (Phi) is 3.17. The van der Waals surface area contributed by atoms with E-state index in [9.17, 15) is 9.90 Å². The van der Waals surface area contributed by atoms with E-state index >= 15 is 0 Å². The lowest BCUT2D eigenvalue weighted by Gasteiger charge is -2.04. The third-order valence-corrected chi connectivity index (χ3v) is 2.82. The van der Waals surface area contributed by atoms with Crippen molar-refractivity contribution in [3.8, 4) is 5.75 Å². The highest BCUT2D eigenvalue weighted by atomic mass is 79.9. The first kappa shape index (κ1) is 10.3. The fourth-order valence-corrected chi connectivity index (χ4v) is 1.31. The maximum absolute atomic E-state index is 11.1. The summed E-state index contributed by atoms with van der Waals surface area (Å²) in [4.78, 5) is 11.1. The summed E-state index contributed by atoms with van der Waals surface area (Å²) in [5, 5.41) is 9.79.